The molecule has 5 heteroatoms. The van der Waals surface area contributed by atoms with Crippen molar-refractivity contribution in [3.05, 3.63) is 45.7 Å². The minimum atomic E-state index is -0.768. The van der Waals surface area contributed by atoms with Crippen LogP contribution in [0.15, 0.2) is 29.1 Å². The Balaban J connectivity index is 2.91. The van der Waals surface area contributed by atoms with Crippen molar-refractivity contribution in [3.63, 3.8) is 0 Å². The summed E-state index contributed by atoms with van der Waals surface area (Å²) in [7, 11) is 1.56. The number of fused-ring (bicyclic) bond motifs is 1. The van der Waals surface area contributed by atoms with Crippen LogP contribution in [0.25, 0.3) is 10.9 Å². The highest BCUT2D eigenvalue weighted by Gasteiger charge is 2.21. The van der Waals surface area contributed by atoms with Crippen molar-refractivity contribution in [2.45, 2.75) is 6.92 Å². The van der Waals surface area contributed by atoms with E-state index >= 15 is 0 Å². The molecule has 98 valence electrons. The Morgan fingerprint density at radius 3 is 2.68 bits per heavy atom. The summed E-state index contributed by atoms with van der Waals surface area (Å²) >= 11 is 0. The molecule has 2 aromatic rings. The van der Waals surface area contributed by atoms with E-state index in [4.69, 9.17) is 4.74 Å². The fraction of sp³-hybridized carbons (Fsp3) is 0.214. The number of hydrogen-bond donors (Lipinski definition) is 0. The number of rotatable bonds is 3. The molecule has 1 heterocycles. The molecule has 0 spiro atoms. The van der Waals surface area contributed by atoms with Crippen LogP contribution in [0.5, 0.6) is 0 Å². The Bertz CT molecular complexity index is 715. The van der Waals surface area contributed by atoms with Crippen molar-refractivity contribution in [1.82, 2.24) is 4.57 Å². The minimum Gasteiger partial charge on any atom is -0.462 e. The third-order valence-electron chi connectivity index (χ3n) is 2.94. The zero-order chi connectivity index (χ0) is 14.0. The van der Waals surface area contributed by atoms with Gasteiger partial charge in [0.2, 0.25) is 0 Å². The molecule has 5 nitrogen and oxygen atoms in total. The molecule has 2 rings (SSSR count). The van der Waals surface area contributed by atoms with Gasteiger partial charge in [0.1, 0.15) is 5.56 Å². The number of carbonyl (C=O) groups excluding carboxylic acids is 2. The Labute approximate surface area is 109 Å². The van der Waals surface area contributed by atoms with Gasteiger partial charge in [-0.05, 0) is 13.0 Å². The van der Waals surface area contributed by atoms with Gasteiger partial charge in [0.25, 0.3) is 5.56 Å². The normalized spacial score (nSPS) is 10.4. The highest BCUT2D eigenvalue weighted by molar-refractivity contribution is 6.07. The lowest BCUT2D eigenvalue weighted by molar-refractivity contribution is 0.0522. The fourth-order valence-corrected chi connectivity index (χ4v) is 2.04. The molecule has 19 heavy (non-hydrogen) atoms. The van der Waals surface area contributed by atoms with E-state index in [-0.39, 0.29) is 17.7 Å². The van der Waals surface area contributed by atoms with Crippen molar-refractivity contribution in [3.8, 4) is 0 Å². The lowest BCUT2D eigenvalue weighted by Crippen LogP contribution is -2.28. The number of ether oxygens (including phenoxy) is 1. The third kappa shape index (κ3) is 2.03. The average molecular weight is 259 g/mol. The van der Waals surface area contributed by atoms with Crippen LogP contribution < -0.4 is 5.56 Å². The van der Waals surface area contributed by atoms with Crippen LogP contribution in [0.3, 0.4) is 0 Å². The highest BCUT2D eigenvalue weighted by Crippen LogP contribution is 2.18. The van der Waals surface area contributed by atoms with Gasteiger partial charge < -0.3 is 9.30 Å². The quantitative estimate of drug-likeness (QED) is 0.619. The first kappa shape index (κ1) is 13.0. The summed E-state index contributed by atoms with van der Waals surface area (Å²) < 4.78 is 6.19. The smallest absolute Gasteiger partial charge is 0.344 e. The van der Waals surface area contributed by atoms with Crippen LogP contribution in [0, 0.1) is 0 Å². The van der Waals surface area contributed by atoms with Crippen LogP contribution in [0.2, 0.25) is 0 Å². The number of benzene rings is 1. The Hall–Kier alpha value is -2.43. The van der Waals surface area contributed by atoms with E-state index in [1.54, 1.807) is 38.2 Å². The van der Waals surface area contributed by atoms with Gasteiger partial charge in [0.05, 0.1) is 12.1 Å². The largest absolute Gasteiger partial charge is 0.462 e. The highest BCUT2D eigenvalue weighted by atomic mass is 16.5. The van der Waals surface area contributed by atoms with Gasteiger partial charge in [-0.15, -0.1) is 0 Å². The summed E-state index contributed by atoms with van der Waals surface area (Å²) in [4.78, 5) is 35.3. The molecule has 0 saturated heterocycles. The molecular weight excluding hydrogens is 246 g/mol. The number of nitrogens with zero attached hydrogens (tertiary/aromatic N) is 1. The van der Waals surface area contributed by atoms with E-state index in [1.165, 1.54) is 4.57 Å². The predicted octanol–water partition coefficient (Wildman–Crippen LogP) is 1.53. The van der Waals surface area contributed by atoms with Crippen LogP contribution in [0.1, 0.15) is 27.6 Å². The number of carbonyl (C=O) groups is 2. The first-order valence-corrected chi connectivity index (χ1v) is 5.85. The van der Waals surface area contributed by atoms with Crippen LogP contribution >= 0.6 is 0 Å². The van der Waals surface area contributed by atoms with E-state index in [0.29, 0.717) is 17.2 Å². The maximum absolute atomic E-state index is 12.2. The number of aryl methyl sites for hydroxylation is 1. The second-order valence-corrected chi connectivity index (χ2v) is 4.01. The first-order chi connectivity index (χ1) is 9.11. The predicted molar refractivity (Wildman–Crippen MR) is 70.5 cm³/mol. The fourth-order valence-electron chi connectivity index (χ4n) is 2.04. The van der Waals surface area contributed by atoms with Crippen LogP contribution in [-0.4, -0.2) is 23.4 Å². The zero-order valence-corrected chi connectivity index (χ0v) is 10.7. The molecule has 0 radical (unpaired) electrons. The van der Waals surface area contributed by atoms with Crippen molar-refractivity contribution < 1.29 is 14.3 Å². The van der Waals surface area contributed by atoms with Gasteiger partial charge in [0, 0.05) is 18.0 Å². The summed E-state index contributed by atoms with van der Waals surface area (Å²) in [6.45, 7) is 1.79. The molecule has 1 aromatic heterocycles. The minimum absolute atomic E-state index is 0.0807. The second kappa shape index (κ2) is 5.06. The summed E-state index contributed by atoms with van der Waals surface area (Å²) in [5, 5.41) is 0.558. The molecular formula is C14H13NO4. The molecule has 0 bridgehead atoms. The van der Waals surface area contributed by atoms with Crippen molar-refractivity contribution in [2.75, 3.05) is 6.61 Å². The summed E-state index contributed by atoms with van der Waals surface area (Å²) in [5.74, 6) is -0.768. The molecule has 0 atom stereocenters. The Morgan fingerprint density at radius 2 is 2.05 bits per heavy atom. The number of esters is 1. The average Bonchev–Trinajstić information content (AvgIpc) is 2.42. The molecule has 1 aromatic carbocycles. The maximum Gasteiger partial charge on any atom is 0.344 e. The van der Waals surface area contributed by atoms with Gasteiger partial charge in [-0.1, -0.05) is 18.2 Å². The van der Waals surface area contributed by atoms with E-state index in [2.05, 4.69) is 0 Å². The number of aromatic nitrogens is 1. The summed E-state index contributed by atoms with van der Waals surface area (Å²) in [5.41, 5.74) is -0.0582. The molecule has 0 fully saturated rings. The Kier molecular flexibility index (Phi) is 3.46. The van der Waals surface area contributed by atoms with E-state index in [9.17, 15) is 14.4 Å². The zero-order valence-electron chi connectivity index (χ0n) is 10.7. The van der Waals surface area contributed by atoms with Gasteiger partial charge in [-0.3, -0.25) is 9.59 Å². The number of aldehydes is 1. The number of pyridine rings is 1. The summed E-state index contributed by atoms with van der Waals surface area (Å²) in [6, 6.07) is 6.93. The molecule has 0 aliphatic rings. The van der Waals surface area contributed by atoms with Crippen LogP contribution in [0.4, 0.5) is 0 Å². The second-order valence-electron chi connectivity index (χ2n) is 4.01. The number of para-hydroxylation sites is 1. The van der Waals surface area contributed by atoms with E-state index in [0.717, 1.165) is 0 Å². The molecule has 0 aliphatic heterocycles. The lowest BCUT2D eigenvalue weighted by atomic mass is 10.0. The topological polar surface area (TPSA) is 65.4 Å². The molecule has 0 aliphatic carbocycles. The standard InChI is InChI=1S/C14H13NO4/c1-3-19-14(18)12-10(8-16)9-6-4-5-7-11(9)15(2)13(12)17/h4-8H,3H2,1-2H3. The first-order valence-electron chi connectivity index (χ1n) is 5.85. The lowest BCUT2D eigenvalue weighted by Gasteiger charge is -2.11. The van der Waals surface area contributed by atoms with Gasteiger partial charge in [0.15, 0.2) is 6.29 Å². The SMILES string of the molecule is CCOC(=O)c1c(C=O)c2ccccc2n(C)c1=O. The summed E-state index contributed by atoms with van der Waals surface area (Å²) in [6.07, 6.45) is 0.524. The van der Waals surface area contributed by atoms with E-state index < -0.39 is 11.5 Å². The van der Waals surface area contributed by atoms with Crippen molar-refractivity contribution >= 4 is 23.2 Å². The van der Waals surface area contributed by atoms with E-state index in [1.807, 2.05) is 0 Å². The van der Waals surface area contributed by atoms with Gasteiger partial charge >= 0.3 is 5.97 Å². The maximum atomic E-state index is 12.2. The molecule has 0 N–H and O–H groups in total. The Morgan fingerprint density at radius 1 is 1.37 bits per heavy atom. The third-order valence-corrected chi connectivity index (χ3v) is 2.94. The monoisotopic (exact) mass is 259 g/mol. The van der Waals surface area contributed by atoms with Gasteiger partial charge in [-0.2, -0.15) is 0 Å². The molecule has 0 amide bonds. The number of hydrogen-bond acceptors (Lipinski definition) is 4. The van der Waals surface area contributed by atoms with Crippen LogP contribution in [-0.2, 0) is 11.8 Å². The van der Waals surface area contributed by atoms with Crippen molar-refractivity contribution in [2.24, 2.45) is 7.05 Å². The van der Waals surface area contributed by atoms with Crippen molar-refractivity contribution in [1.29, 1.82) is 0 Å². The van der Waals surface area contributed by atoms with Gasteiger partial charge in [-0.25, -0.2) is 4.79 Å². The molecule has 0 unspecified atom stereocenters. The molecule has 0 saturated carbocycles.